The molecule has 26 heavy (non-hydrogen) atoms. The monoisotopic (exact) mass is 356 g/mol. The van der Waals surface area contributed by atoms with Crippen LogP contribution in [0.25, 0.3) is 0 Å². The normalized spacial score (nSPS) is 48.9. The highest BCUT2D eigenvalue weighted by Gasteiger charge is 2.74. The second-order valence-corrected chi connectivity index (χ2v) is 10.1. The second kappa shape index (κ2) is 5.54. The summed E-state index contributed by atoms with van der Waals surface area (Å²) in [6.45, 7) is 2.34. The lowest BCUT2D eigenvalue weighted by molar-refractivity contribution is -0.117. The molecule has 1 spiro atoms. The van der Waals surface area contributed by atoms with E-state index in [0.717, 1.165) is 44.9 Å². The Morgan fingerprint density at radius 2 is 1.96 bits per heavy atom. The fraction of sp³-hybridized carbons (Fsp3) is 0.783. The van der Waals surface area contributed by atoms with E-state index < -0.39 is 5.60 Å². The number of carbonyl (C=O) groups is 1. The van der Waals surface area contributed by atoms with E-state index in [1.54, 1.807) is 6.08 Å². The fourth-order valence-corrected chi connectivity index (χ4v) is 7.86. The van der Waals surface area contributed by atoms with Crippen LogP contribution in [0.5, 0.6) is 0 Å². The molecular weight excluding hydrogens is 324 g/mol. The maximum Gasteiger partial charge on any atom is 0.155 e. The Kier molecular flexibility index (Phi) is 3.66. The predicted molar refractivity (Wildman–Crippen MR) is 100 cm³/mol. The van der Waals surface area contributed by atoms with Crippen LogP contribution >= 0.6 is 0 Å². The van der Waals surface area contributed by atoms with Crippen LogP contribution in [-0.4, -0.2) is 28.2 Å². The molecule has 4 fully saturated rings. The minimum Gasteiger partial charge on any atom is -0.392 e. The van der Waals surface area contributed by atoms with Gasteiger partial charge in [-0.25, -0.2) is 0 Å². The van der Waals surface area contributed by atoms with E-state index in [-0.39, 0.29) is 17.4 Å². The minimum atomic E-state index is -0.753. The van der Waals surface area contributed by atoms with Crippen molar-refractivity contribution < 1.29 is 15.0 Å². The molecular formula is C23H32O3. The average molecular weight is 357 g/mol. The number of fused-ring (bicyclic) bond motifs is 5. The van der Waals surface area contributed by atoms with Gasteiger partial charge in [0.25, 0.3) is 0 Å². The molecule has 3 heteroatoms. The van der Waals surface area contributed by atoms with Gasteiger partial charge >= 0.3 is 0 Å². The zero-order valence-electron chi connectivity index (χ0n) is 15.9. The maximum atomic E-state index is 11.9. The van der Waals surface area contributed by atoms with E-state index >= 15 is 0 Å². The van der Waals surface area contributed by atoms with Gasteiger partial charge in [-0.3, -0.25) is 4.79 Å². The number of rotatable bonds is 2. The van der Waals surface area contributed by atoms with Crippen LogP contribution in [0.3, 0.4) is 0 Å². The summed E-state index contributed by atoms with van der Waals surface area (Å²) in [5, 5.41) is 21.2. The summed E-state index contributed by atoms with van der Waals surface area (Å²) < 4.78 is 0. The summed E-state index contributed by atoms with van der Waals surface area (Å²) in [5.74, 6) is 2.93. The highest BCUT2D eigenvalue weighted by atomic mass is 16.3. The van der Waals surface area contributed by atoms with Crippen molar-refractivity contribution in [1.29, 1.82) is 0 Å². The van der Waals surface area contributed by atoms with Gasteiger partial charge in [0.15, 0.2) is 5.78 Å². The Morgan fingerprint density at radius 3 is 2.69 bits per heavy atom. The van der Waals surface area contributed by atoms with Crippen LogP contribution in [0.2, 0.25) is 0 Å². The van der Waals surface area contributed by atoms with Crippen molar-refractivity contribution in [2.45, 2.75) is 70.3 Å². The topological polar surface area (TPSA) is 57.5 Å². The quantitative estimate of drug-likeness (QED) is 0.740. The predicted octanol–water partition coefficient (Wildman–Crippen LogP) is 3.80. The SMILES string of the molecule is C[C@]12CC[C@H]3[C@@H](CCC4=CC(=O)CC[C@@H]43)[C@@H]1CC1(CC1)[C@@]2(O)/C=C\CO. The van der Waals surface area contributed by atoms with E-state index in [4.69, 9.17) is 0 Å². The van der Waals surface area contributed by atoms with Crippen LogP contribution in [0.1, 0.15) is 64.7 Å². The van der Waals surface area contributed by atoms with E-state index in [1.165, 1.54) is 18.4 Å². The Hall–Kier alpha value is -0.930. The molecule has 0 saturated heterocycles. The molecule has 0 aromatic carbocycles. The van der Waals surface area contributed by atoms with Crippen molar-refractivity contribution in [2.24, 2.45) is 34.5 Å². The van der Waals surface area contributed by atoms with Gasteiger partial charge in [0.1, 0.15) is 0 Å². The molecule has 3 nitrogen and oxygen atoms in total. The molecule has 0 heterocycles. The lowest BCUT2D eigenvalue weighted by Crippen LogP contribution is -2.53. The molecule has 4 saturated carbocycles. The van der Waals surface area contributed by atoms with E-state index in [9.17, 15) is 15.0 Å². The molecule has 0 radical (unpaired) electrons. The Morgan fingerprint density at radius 1 is 1.15 bits per heavy atom. The molecule has 5 aliphatic rings. The van der Waals surface area contributed by atoms with Gasteiger partial charge in [-0.2, -0.15) is 0 Å². The molecule has 0 aliphatic heterocycles. The van der Waals surface area contributed by atoms with Crippen LogP contribution in [-0.2, 0) is 4.79 Å². The Labute approximate surface area is 156 Å². The average Bonchev–Trinajstić information content (AvgIpc) is 3.39. The molecule has 6 atom stereocenters. The fourth-order valence-electron chi connectivity index (χ4n) is 7.86. The molecule has 0 aromatic heterocycles. The van der Waals surface area contributed by atoms with Crippen molar-refractivity contribution in [3.63, 3.8) is 0 Å². The van der Waals surface area contributed by atoms with Gasteiger partial charge < -0.3 is 10.2 Å². The molecule has 2 N–H and O–H groups in total. The summed E-state index contributed by atoms with van der Waals surface area (Å²) in [4.78, 5) is 11.9. The lowest BCUT2D eigenvalue weighted by atomic mass is 9.50. The Balaban J connectivity index is 1.50. The first-order chi connectivity index (χ1) is 12.4. The summed E-state index contributed by atoms with van der Waals surface area (Å²) in [5.41, 5.74) is 0.672. The first kappa shape index (κ1) is 17.2. The van der Waals surface area contributed by atoms with Crippen molar-refractivity contribution in [3.05, 3.63) is 23.8 Å². The molecule has 5 rings (SSSR count). The third-order valence-electron chi connectivity index (χ3n) is 9.30. The molecule has 0 amide bonds. The number of hydrogen-bond acceptors (Lipinski definition) is 3. The number of hydrogen-bond donors (Lipinski definition) is 2. The highest BCUT2D eigenvalue weighted by Crippen LogP contribution is 2.76. The summed E-state index contributed by atoms with van der Waals surface area (Å²) in [6, 6.07) is 0. The van der Waals surface area contributed by atoms with Crippen molar-refractivity contribution in [3.8, 4) is 0 Å². The second-order valence-electron chi connectivity index (χ2n) is 10.1. The van der Waals surface area contributed by atoms with Gasteiger partial charge in [0, 0.05) is 17.3 Å². The minimum absolute atomic E-state index is 0.00937. The first-order valence-corrected chi connectivity index (χ1v) is 10.7. The van der Waals surface area contributed by atoms with E-state index in [2.05, 4.69) is 6.92 Å². The molecule has 5 aliphatic carbocycles. The third kappa shape index (κ3) is 2.05. The maximum absolute atomic E-state index is 11.9. The molecule has 0 unspecified atom stereocenters. The largest absolute Gasteiger partial charge is 0.392 e. The Bertz CT molecular complexity index is 688. The van der Waals surface area contributed by atoms with Crippen molar-refractivity contribution >= 4 is 5.78 Å². The highest BCUT2D eigenvalue weighted by molar-refractivity contribution is 5.91. The summed E-state index contributed by atoms with van der Waals surface area (Å²) in [7, 11) is 0. The van der Waals surface area contributed by atoms with Crippen LogP contribution < -0.4 is 0 Å². The van der Waals surface area contributed by atoms with Gasteiger partial charge in [-0.15, -0.1) is 0 Å². The molecule has 0 bridgehead atoms. The lowest BCUT2D eigenvalue weighted by Gasteiger charge is -2.55. The van der Waals surface area contributed by atoms with Crippen LogP contribution in [0.4, 0.5) is 0 Å². The first-order valence-electron chi connectivity index (χ1n) is 10.7. The zero-order chi connectivity index (χ0) is 18.2. The van der Waals surface area contributed by atoms with Gasteiger partial charge in [0.2, 0.25) is 0 Å². The van der Waals surface area contributed by atoms with Gasteiger partial charge in [-0.05, 0) is 81.1 Å². The van der Waals surface area contributed by atoms with Crippen LogP contribution in [0, 0.1) is 34.5 Å². The zero-order valence-corrected chi connectivity index (χ0v) is 15.9. The third-order valence-corrected chi connectivity index (χ3v) is 9.30. The van der Waals surface area contributed by atoms with E-state index in [0.29, 0.717) is 29.5 Å². The summed E-state index contributed by atoms with van der Waals surface area (Å²) >= 11 is 0. The van der Waals surface area contributed by atoms with Gasteiger partial charge in [0.05, 0.1) is 12.2 Å². The number of ketones is 1. The standard InChI is InChI=1S/C23H32O3/c1-21-9-7-18-17-6-4-16(25)13-15(17)3-5-19(18)20(21)14-22(10-11-22)23(21,26)8-2-12-24/h2,8,13,17-20,24,26H,3-7,9-12,14H2,1H3/b8-2-/t17-,18+,19+,20-,21-,23+/m0/s1. The number of aliphatic hydroxyl groups is 2. The van der Waals surface area contributed by atoms with Crippen molar-refractivity contribution in [2.75, 3.05) is 6.61 Å². The number of allylic oxidation sites excluding steroid dienone is 1. The van der Waals surface area contributed by atoms with Crippen molar-refractivity contribution in [1.82, 2.24) is 0 Å². The molecule has 142 valence electrons. The smallest absolute Gasteiger partial charge is 0.155 e. The van der Waals surface area contributed by atoms with Crippen LogP contribution in [0.15, 0.2) is 23.8 Å². The summed E-state index contributed by atoms with van der Waals surface area (Å²) in [6.07, 6.45) is 15.4. The van der Waals surface area contributed by atoms with E-state index in [1.807, 2.05) is 12.2 Å². The van der Waals surface area contributed by atoms with Gasteiger partial charge in [-0.1, -0.05) is 24.6 Å². The molecule has 0 aromatic rings. The number of aliphatic hydroxyl groups excluding tert-OH is 1. The number of carbonyl (C=O) groups excluding carboxylic acids is 1.